The predicted octanol–water partition coefficient (Wildman–Crippen LogP) is 2.15. The normalized spacial score (nSPS) is 12.9. The zero-order valence-electron chi connectivity index (χ0n) is 7.47. The third-order valence-corrected chi connectivity index (χ3v) is 1.93. The molecule has 1 atom stereocenters. The first-order chi connectivity index (χ1) is 5.74. The van der Waals surface area contributed by atoms with Crippen molar-refractivity contribution >= 4 is 0 Å². The number of hydrogen-bond acceptors (Lipinski definition) is 1. The molecule has 0 heterocycles. The summed E-state index contributed by atoms with van der Waals surface area (Å²) in [6.07, 6.45) is 0. The SMILES string of the molecule is CNCC(C)c1cccc(F)c1. The molecule has 0 bridgehead atoms. The van der Waals surface area contributed by atoms with Gasteiger partial charge in [0, 0.05) is 6.54 Å². The predicted molar refractivity (Wildman–Crippen MR) is 48.7 cm³/mol. The molecule has 0 saturated heterocycles. The van der Waals surface area contributed by atoms with Gasteiger partial charge in [0.1, 0.15) is 5.82 Å². The van der Waals surface area contributed by atoms with E-state index in [2.05, 4.69) is 12.2 Å². The molecule has 0 aliphatic rings. The third kappa shape index (κ3) is 2.31. The van der Waals surface area contributed by atoms with Crippen molar-refractivity contribution < 1.29 is 4.39 Å². The lowest BCUT2D eigenvalue weighted by Gasteiger charge is -2.10. The fourth-order valence-electron chi connectivity index (χ4n) is 1.24. The van der Waals surface area contributed by atoms with Crippen molar-refractivity contribution in [1.29, 1.82) is 0 Å². The maximum absolute atomic E-state index is 12.7. The zero-order valence-corrected chi connectivity index (χ0v) is 7.47. The highest BCUT2D eigenvalue weighted by atomic mass is 19.1. The van der Waals surface area contributed by atoms with E-state index >= 15 is 0 Å². The lowest BCUT2D eigenvalue weighted by Crippen LogP contribution is -2.14. The second kappa shape index (κ2) is 4.21. The van der Waals surface area contributed by atoms with Gasteiger partial charge in [0.25, 0.3) is 0 Å². The van der Waals surface area contributed by atoms with Gasteiger partial charge in [-0.1, -0.05) is 19.1 Å². The smallest absolute Gasteiger partial charge is 0.123 e. The van der Waals surface area contributed by atoms with Crippen LogP contribution >= 0.6 is 0 Å². The summed E-state index contributed by atoms with van der Waals surface area (Å²) in [6, 6.07) is 6.75. The maximum Gasteiger partial charge on any atom is 0.123 e. The summed E-state index contributed by atoms with van der Waals surface area (Å²) < 4.78 is 12.7. The molecule has 66 valence electrons. The van der Waals surface area contributed by atoms with E-state index < -0.39 is 0 Å². The van der Waals surface area contributed by atoms with Gasteiger partial charge in [-0.3, -0.25) is 0 Å². The van der Waals surface area contributed by atoms with Crippen molar-refractivity contribution in [3.63, 3.8) is 0 Å². The van der Waals surface area contributed by atoms with Crippen LogP contribution in [0.15, 0.2) is 24.3 Å². The molecule has 0 amide bonds. The average molecular weight is 167 g/mol. The largest absolute Gasteiger partial charge is 0.319 e. The van der Waals surface area contributed by atoms with Crippen molar-refractivity contribution in [1.82, 2.24) is 5.32 Å². The number of nitrogens with one attached hydrogen (secondary N) is 1. The van der Waals surface area contributed by atoms with Gasteiger partial charge in [-0.25, -0.2) is 4.39 Å². The van der Waals surface area contributed by atoms with E-state index in [-0.39, 0.29) is 5.82 Å². The Morgan fingerprint density at radius 3 is 2.83 bits per heavy atom. The quantitative estimate of drug-likeness (QED) is 0.727. The molecule has 1 aromatic rings. The summed E-state index contributed by atoms with van der Waals surface area (Å²) in [5.41, 5.74) is 1.05. The number of halogens is 1. The fraction of sp³-hybridized carbons (Fsp3) is 0.400. The molecule has 0 fully saturated rings. The zero-order chi connectivity index (χ0) is 8.97. The van der Waals surface area contributed by atoms with Crippen LogP contribution in [-0.4, -0.2) is 13.6 Å². The Balaban J connectivity index is 2.73. The summed E-state index contributed by atoms with van der Waals surface area (Å²) in [5, 5.41) is 3.06. The van der Waals surface area contributed by atoms with E-state index in [1.807, 2.05) is 13.1 Å². The van der Waals surface area contributed by atoms with E-state index in [4.69, 9.17) is 0 Å². The molecule has 12 heavy (non-hydrogen) atoms. The second-order valence-corrected chi connectivity index (χ2v) is 3.01. The van der Waals surface area contributed by atoms with E-state index in [1.165, 1.54) is 6.07 Å². The lowest BCUT2D eigenvalue weighted by atomic mass is 10.0. The van der Waals surface area contributed by atoms with Crippen LogP contribution in [0, 0.1) is 5.82 Å². The molecular weight excluding hydrogens is 153 g/mol. The van der Waals surface area contributed by atoms with E-state index in [1.54, 1.807) is 12.1 Å². The van der Waals surface area contributed by atoms with E-state index in [0.717, 1.165) is 12.1 Å². The number of benzene rings is 1. The average Bonchev–Trinajstić information content (AvgIpc) is 2.05. The number of likely N-dealkylation sites (N-methyl/N-ethyl adjacent to an activating group) is 1. The molecular formula is C10H14FN. The molecule has 1 nitrogen and oxygen atoms in total. The van der Waals surface area contributed by atoms with Gasteiger partial charge in [-0.05, 0) is 30.7 Å². The molecule has 0 spiro atoms. The standard InChI is InChI=1S/C10H14FN/c1-8(7-12-2)9-4-3-5-10(11)6-9/h3-6,8,12H,7H2,1-2H3. The minimum absolute atomic E-state index is 0.157. The highest BCUT2D eigenvalue weighted by Gasteiger charge is 2.03. The molecule has 1 rings (SSSR count). The molecule has 0 radical (unpaired) electrons. The van der Waals surface area contributed by atoms with Crippen LogP contribution in [0.1, 0.15) is 18.4 Å². The van der Waals surface area contributed by atoms with E-state index in [0.29, 0.717) is 5.92 Å². The highest BCUT2D eigenvalue weighted by molar-refractivity contribution is 5.20. The van der Waals surface area contributed by atoms with Crippen molar-refractivity contribution in [2.75, 3.05) is 13.6 Å². The van der Waals surface area contributed by atoms with Gasteiger partial charge in [0.15, 0.2) is 0 Å². The minimum atomic E-state index is -0.157. The summed E-state index contributed by atoms with van der Waals surface area (Å²) in [5.74, 6) is 0.209. The third-order valence-electron chi connectivity index (χ3n) is 1.93. The van der Waals surface area contributed by atoms with Gasteiger partial charge in [-0.15, -0.1) is 0 Å². The van der Waals surface area contributed by atoms with Gasteiger partial charge < -0.3 is 5.32 Å². The summed E-state index contributed by atoms with van der Waals surface area (Å²) in [6.45, 7) is 2.95. The van der Waals surface area contributed by atoms with Gasteiger partial charge >= 0.3 is 0 Å². The van der Waals surface area contributed by atoms with Crippen molar-refractivity contribution in [2.24, 2.45) is 0 Å². The fourth-order valence-corrected chi connectivity index (χ4v) is 1.24. The first kappa shape index (κ1) is 9.20. The second-order valence-electron chi connectivity index (χ2n) is 3.01. The molecule has 0 aliphatic carbocycles. The van der Waals surface area contributed by atoms with Crippen molar-refractivity contribution in [3.05, 3.63) is 35.6 Å². The monoisotopic (exact) mass is 167 g/mol. The van der Waals surface area contributed by atoms with Crippen LogP contribution < -0.4 is 5.32 Å². The Bertz CT molecular complexity index is 247. The molecule has 0 aliphatic heterocycles. The summed E-state index contributed by atoms with van der Waals surface area (Å²) in [4.78, 5) is 0. The van der Waals surface area contributed by atoms with Crippen molar-refractivity contribution in [3.8, 4) is 0 Å². The van der Waals surface area contributed by atoms with E-state index in [9.17, 15) is 4.39 Å². The van der Waals surface area contributed by atoms with Gasteiger partial charge in [-0.2, -0.15) is 0 Å². The van der Waals surface area contributed by atoms with Crippen LogP contribution in [0.25, 0.3) is 0 Å². The molecule has 1 aromatic carbocycles. The van der Waals surface area contributed by atoms with Crippen LogP contribution in [-0.2, 0) is 0 Å². The Morgan fingerprint density at radius 2 is 2.25 bits per heavy atom. The highest BCUT2D eigenvalue weighted by Crippen LogP contribution is 2.14. The maximum atomic E-state index is 12.7. The van der Waals surface area contributed by atoms with Crippen LogP contribution in [0.4, 0.5) is 4.39 Å². The Morgan fingerprint density at radius 1 is 1.50 bits per heavy atom. The first-order valence-electron chi connectivity index (χ1n) is 4.14. The Kier molecular flexibility index (Phi) is 3.23. The number of hydrogen-bond donors (Lipinski definition) is 1. The van der Waals surface area contributed by atoms with Crippen LogP contribution in [0.2, 0.25) is 0 Å². The van der Waals surface area contributed by atoms with Crippen LogP contribution in [0.5, 0.6) is 0 Å². The summed E-state index contributed by atoms with van der Waals surface area (Å²) >= 11 is 0. The Labute approximate surface area is 72.6 Å². The molecule has 2 heteroatoms. The molecule has 0 aromatic heterocycles. The molecule has 0 saturated carbocycles. The minimum Gasteiger partial charge on any atom is -0.319 e. The number of rotatable bonds is 3. The Hall–Kier alpha value is -0.890. The van der Waals surface area contributed by atoms with Gasteiger partial charge in [0.05, 0.1) is 0 Å². The lowest BCUT2D eigenvalue weighted by molar-refractivity contribution is 0.616. The van der Waals surface area contributed by atoms with Crippen molar-refractivity contribution in [2.45, 2.75) is 12.8 Å². The molecule has 1 N–H and O–H groups in total. The van der Waals surface area contributed by atoms with Crippen LogP contribution in [0.3, 0.4) is 0 Å². The first-order valence-corrected chi connectivity index (χ1v) is 4.14. The summed E-state index contributed by atoms with van der Waals surface area (Å²) in [7, 11) is 1.90. The van der Waals surface area contributed by atoms with Gasteiger partial charge in [0.2, 0.25) is 0 Å². The topological polar surface area (TPSA) is 12.0 Å². The molecule has 1 unspecified atom stereocenters.